The molecule has 0 heterocycles. The van der Waals surface area contributed by atoms with Crippen LogP contribution in [0.5, 0.6) is 11.5 Å². The zero-order valence-electron chi connectivity index (χ0n) is 14.3. The molecule has 154 valence electrons. The topological polar surface area (TPSA) is 52.6 Å². The molecular formula is C17H14BrF5O4S. The van der Waals surface area contributed by atoms with Crippen molar-refractivity contribution in [2.24, 2.45) is 0 Å². The summed E-state index contributed by atoms with van der Waals surface area (Å²) >= 11 is 3.36. The van der Waals surface area contributed by atoms with Crippen LogP contribution in [0.2, 0.25) is 0 Å². The van der Waals surface area contributed by atoms with E-state index in [2.05, 4.69) is 20.1 Å². The molecule has 0 aliphatic heterocycles. The van der Waals surface area contributed by atoms with Gasteiger partial charge in [0.15, 0.2) is 0 Å². The van der Waals surface area contributed by atoms with Crippen molar-refractivity contribution >= 4 is 26.0 Å². The number of halogens is 6. The average Bonchev–Trinajstić information content (AvgIpc) is 2.58. The van der Waals surface area contributed by atoms with Crippen LogP contribution >= 0.6 is 15.9 Å². The molecule has 0 atom stereocenters. The third-order valence-electron chi connectivity index (χ3n) is 3.54. The summed E-state index contributed by atoms with van der Waals surface area (Å²) in [6, 6.07) is 10.7. The van der Waals surface area contributed by atoms with Gasteiger partial charge in [0.05, 0.1) is 0 Å². The molecule has 0 unspecified atom stereocenters. The van der Waals surface area contributed by atoms with Gasteiger partial charge in [0.2, 0.25) is 0 Å². The largest absolute Gasteiger partial charge is 0.523 e. The summed E-state index contributed by atoms with van der Waals surface area (Å²) in [6.45, 7) is -0.0896. The highest BCUT2D eigenvalue weighted by atomic mass is 79.9. The molecule has 0 radical (unpaired) electrons. The summed E-state index contributed by atoms with van der Waals surface area (Å²) in [6.07, 6.45) is -1.00. The monoisotopic (exact) mass is 488 g/mol. The van der Waals surface area contributed by atoms with Crippen LogP contribution in [0.1, 0.15) is 11.1 Å². The fourth-order valence-electron chi connectivity index (χ4n) is 2.08. The molecule has 0 aliphatic carbocycles. The van der Waals surface area contributed by atoms with E-state index >= 15 is 0 Å². The first kappa shape index (κ1) is 22.6. The molecular weight excluding hydrogens is 475 g/mol. The minimum absolute atomic E-state index is 0.0660. The van der Waals surface area contributed by atoms with Gasteiger partial charge in [-0.05, 0) is 36.8 Å². The van der Waals surface area contributed by atoms with Crippen LogP contribution in [0.4, 0.5) is 22.0 Å². The van der Waals surface area contributed by atoms with E-state index in [0.29, 0.717) is 11.5 Å². The minimum Gasteiger partial charge on any atom is -0.457 e. The molecule has 0 aliphatic rings. The SMILES string of the molecule is Cc1c(Br)cccc1Oc1ccc(CC(F)(F)COS(=O)(=O)C(F)(F)F)cc1. The van der Waals surface area contributed by atoms with E-state index < -0.39 is 34.6 Å². The van der Waals surface area contributed by atoms with Crippen LogP contribution in [-0.2, 0) is 20.7 Å². The Balaban J connectivity index is 2.02. The molecule has 0 saturated heterocycles. The smallest absolute Gasteiger partial charge is 0.457 e. The highest BCUT2D eigenvalue weighted by Gasteiger charge is 2.49. The predicted octanol–water partition coefficient (Wildman–Crippen LogP) is 5.59. The van der Waals surface area contributed by atoms with E-state index in [1.54, 1.807) is 12.1 Å². The molecule has 0 spiro atoms. The summed E-state index contributed by atoms with van der Waals surface area (Å²) in [5, 5.41) is 0. The molecule has 0 saturated carbocycles. The summed E-state index contributed by atoms with van der Waals surface area (Å²) in [5.74, 6) is -2.90. The fourth-order valence-corrected chi connectivity index (χ4v) is 2.89. The highest BCUT2D eigenvalue weighted by Crippen LogP contribution is 2.31. The molecule has 0 amide bonds. The van der Waals surface area contributed by atoms with Gasteiger partial charge < -0.3 is 4.74 Å². The number of rotatable bonds is 7. The highest BCUT2D eigenvalue weighted by molar-refractivity contribution is 9.10. The zero-order valence-corrected chi connectivity index (χ0v) is 16.7. The fraction of sp³-hybridized carbons (Fsp3) is 0.294. The Morgan fingerprint density at radius 1 is 1.00 bits per heavy atom. The third-order valence-corrected chi connectivity index (χ3v) is 5.39. The maximum absolute atomic E-state index is 13.8. The summed E-state index contributed by atoms with van der Waals surface area (Å²) in [7, 11) is -6.08. The molecule has 2 aromatic carbocycles. The van der Waals surface area contributed by atoms with Gasteiger partial charge in [-0.3, -0.25) is 4.18 Å². The van der Waals surface area contributed by atoms with Crippen LogP contribution in [0, 0.1) is 6.92 Å². The quantitative estimate of drug-likeness (QED) is 0.289. The first-order valence-corrected chi connectivity index (χ1v) is 9.86. The Kier molecular flexibility index (Phi) is 6.72. The lowest BCUT2D eigenvalue weighted by atomic mass is 10.1. The van der Waals surface area contributed by atoms with Gasteiger partial charge in [0.1, 0.15) is 18.1 Å². The predicted molar refractivity (Wildman–Crippen MR) is 95.0 cm³/mol. The van der Waals surface area contributed by atoms with Crippen molar-refractivity contribution in [1.82, 2.24) is 0 Å². The van der Waals surface area contributed by atoms with Crippen LogP contribution in [0.15, 0.2) is 46.9 Å². The first-order valence-electron chi connectivity index (χ1n) is 7.66. The van der Waals surface area contributed by atoms with Gasteiger partial charge in [0.25, 0.3) is 5.92 Å². The van der Waals surface area contributed by atoms with Crippen molar-refractivity contribution in [3.63, 3.8) is 0 Å². The van der Waals surface area contributed by atoms with Crippen molar-refractivity contribution < 1.29 is 39.3 Å². The molecule has 4 nitrogen and oxygen atoms in total. The Morgan fingerprint density at radius 3 is 2.18 bits per heavy atom. The number of alkyl halides is 5. The molecule has 2 rings (SSSR count). The second-order valence-corrected chi connectivity index (χ2v) is 8.26. The van der Waals surface area contributed by atoms with E-state index in [1.807, 2.05) is 13.0 Å². The Bertz CT molecular complexity index is 928. The van der Waals surface area contributed by atoms with Crippen molar-refractivity contribution in [3.8, 4) is 11.5 Å². The van der Waals surface area contributed by atoms with Gasteiger partial charge in [-0.15, -0.1) is 0 Å². The van der Waals surface area contributed by atoms with Crippen LogP contribution in [0.3, 0.4) is 0 Å². The van der Waals surface area contributed by atoms with Crippen LogP contribution in [0.25, 0.3) is 0 Å². The molecule has 0 bridgehead atoms. The van der Waals surface area contributed by atoms with E-state index in [0.717, 1.165) is 10.0 Å². The molecule has 0 N–H and O–H groups in total. The summed E-state index contributed by atoms with van der Waals surface area (Å²) in [4.78, 5) is 0. The maximum Gasteiger partial charge on any atom is 0.523 e. The van der Waals surface area contributed by atoms with Gasteiger partial charge in [0, 0.05) is 16.5 Å². The van der Waals surface area contributed by atoms with Gasteiger partial charge >= 0.3 is 15.6 Å². The zero-order chi connectivity index (χ0) is 21.2. The molecule has 11 heteroatoms. The molecule has 0 aromatic heterocycles. The van der Waals surface area contributed by atoms with E-state index in [4.69, 9.17) is 4.74 Å². The van der Waals surface area contributed by atoms with Gasteiger partial charge in [-0.1, -0.05) is 34.1 Å². The second kappa shape index (κ2) is 8.34. The first-order chi connectivity index (χ1) is 12.8. The standard InChI is InChI=1S/C17H14BrF5O4S/c1-11-14(18)3-2-4-15(11)27-13-7-5-12(6-8-13)9-16(19,20)10-26-28(24,25)17(21,22)23/h2-8H,9-10H2,1H3. The maximum atomic E-state index is 13.8. The Labute approximate surface area is 166 Å². The number of hydrogen-bond donors (Lipinski definition) is 0. The average molecular weight is 489 g/mol. The number of hydrogen-bond acceptors (Lipinski definition) is 4. The van der Waals surface area contributed by atoms with Crippen molar-refractivity contribution in [2.45, 2.75) is 24.8 Å². The van der Waals surface area contributed by atoms with Gasteiger partial charge in [-0.25, -0.2) is 8.78 Å². The third kappa shape index (κ3) is 5.89. The lowest BCUT2D eigenvalue weighted by Gasteiger charge is -2.17. The van der Waals surface area contributed by atoms with E-state index in [9.17, 15) is 30.4 Å². The number of ether oxygens (including phenoxy) is 1. The molecule has 0 fully saturated rings. The number of benzene rings is 2. The minimum atomic E-state index is -6.08. The normalized spacial score (nSPS) is 12.8. The van der Waals surface area contributed by atoms with Gasteiger partial charge in [-0.2, -0.15) is 21.6 Å². The molecule has 2 aromatic rings. The van der Waals surface area contributed by atoms with E-state index in [-0.39, 0.29) is 5.56 Å². The second-order valence-electron chi connectivity index (χ2n) is 5.80. The lowest BCUT2D eigenvalue weighted by Crippen LogP contribution is -2.33. The van der Waals surface area contributed by atoms with Crippen LogP contribution in [-0.4, -0.2) is 26.5 Å². The molecule has 28 heavy (non-hydrogen) atoms. The Morgan fingerprint density at radius 2 is 1.61 bits per heavy atom. The lowest BCUT2D eigenvalue weighted by molar-refractivity contribution is -0.0717. The van der Waals surface area contributed by atoms with Crippen molar-refractivity contribution in [3.05, 3.63) is 58.1 Å². The van der Waals surface area contributed by atoms with Crippen molar-refractivity contribution in [1.29, 1.82) is 0 Å². The van der Waals surface area contributed by atoms with E-state index in [1.165, 1.54) is 24.3 Å². The van der Waals surface area contributed by atoms with Crippen LogP contribution < -0.4 is 4.74 Å². The summed E-state index contributed by atoms with van der Waals surface area (Å²) in [5.41, 5.74) is -4.86. The van der Waals surface area contributed by atoms with Crippen molar-refractivity contribution in [2.75, 3.05) is 6.61 Å². The summed E-state index contributed by atoms with van der Waals surface area (Å²) < 4.78 is 95.3. The Hall–Kier alpha value is -1.72.